The number of benzene rings is 2. The van der Waals surface area contributed by atoms with Gasteiger partial charge in [-0.05, 0) is 46.6 Å². The fourth-order valence-electron chi connectivity index (χ4n) is 1.65. The lowest BCUT2D eigenvalue weighted by molar-refractivity contribution is 0.103. The van der Waals surface area contributed by atoms with Crippen molar-refractivity contribution < 1.29 is 18.0 Å². The lowest BCUT2D eigenvalue weighted by Gasteiger charge is -2.07. The lowest BCUT2D eigenvalue weighted by Crippen LogP contribution is -2.08. The van der Waals surface area contributed by atoms with Crippen LogP contribution in [0.5, 0.6) is 0 Å². The van der Waals surface area contributed by atoms with Gasteiger partial charge >= 0.3 is 0 Å². The SMILES string of the molecule is Cc1ccc(C(=O)c2cccc(F)c2Br)c(F)c1F. The molecule has 2 rings (SSSR count). The monoisotopic (exact) mass is 328 g/mol. The molecule has 0 unspecified atom stereocenters. The second-order valence-corrected chi connectivity index (χ2v) is 4.78. The number of rotatable bonds is 2. The van der Waals surface area contributed by atoms with Crippen molar-refractivity contribution in [2.75, 3.05) is 0 Å². The number of aryl methyl sites for hydroxylation is 1. The number of carbonyl (C=O) groups is 1. The summed E-state index contributed by atoms with van der Waals surface area (Å²) in [4.78, 5) is 12.1. The van der Waals surface area contributed by atoms with E-state index in [1.54, 1.807) is 0 Å². The number of hydrogen-bond donors (Lipinski definition) is 0. The molecule has 98 valence electrons. The van der Waals surface area contributed by atoms with E-state index in [-0.39, 0.29) is 15.6 Å². The molecule has 0 aromatic heterocycles. The molecule has 0 saturated carbocycles. The summed E-state index contributed by atoms with van der Waals surface area (Å²) in [5.41, 5.74) is -0.371. The molecule has 1 nitrogen and oxygen atoms in total. The van der Waals surface area contributed by atoms with Crippen LogP contribution in [0.25, 0.3) is 0 Å². The first-order chi connectivity index (χ1) is 8.93. The second-order valence-electron chi connectivity index (χ2n) is 3.99. The van der Waals surface area contributed by atoms with Crippen LogP contribution in [0.4, 0.5) is 13.2 Å². The maximum absolute atomic E-state index is 13.7. The van der Waals surface area contributed by atoms with Crippen molar-refractivity contribution in [1.82, 2.24) is 0 Å². The zero-order valence-electron chi connectivity index (χ0n) is 9.81. The molecule has 0 aliphatic rings. The van der Waals surface area contributed by atoms with Crippen LogP contribution in [0, 0.1) is 24.4 Å². The van der Waals surface area contributed by atoms with E-state index >= 15 is 0 Å². The van der Waals surface area contributed by atoms with Gasteiger partial charge in [0.1, 0.15) is 5.82 Å². The third-order valence-corrected chi connectivity index (χ3v) is 3.52. The Balaban J connectivity index is 2.57. The van der Waals surface area contributed by atoms with E-state index in [2.05, 4.69) is 15.9 Å². The summed E-state index contributed by atoms with van der Waals surface area (Å²) in [6.45, 7) is 1.39. The predicted octanol–water partition coefficient (Wildman–Crippen LogP) is 4.41. The van der Waals surface area contributed by atoms with Gasteiger partial charge < -0.3 is 0 Å². The summed E-state index contributed by atoms with van der Waals surface area (Å²) >= 11 is 2.92. The minimum absolute atomic E-state index is 0.0536. The normalized spacial score (nSPS) is 10.6. The van der Waals surface area contributed by atoms with Gasteiger partial charge in [-0.25, -0.2) is 13.2 Å². The molecule has 0 fully saturated rings. The van der Waals surface area contributed by atoms with Gasteiger partial charge in [0, 0.05) is 5.56 Å². The summed E-state index contributed by atoms with van der Waals surface area (Å²) in [5, 5.41) is 0. The fourth-order valence-corrected chi connectivity index (χ4v) is 2.09. The van der Waals surface area contributed by atoms with Crippen LogP contribution < -0.4 is 0 Å². The largest absolute Gasteiger partial charge is 0.288 e. The van der Waals surface area contributed by atoms with E-state index < -0.39 is 28.8 Å². The van der Waals surface area contributed by atoms with E-state index in [9.17, 15) is 18.0 Å². The molecule has 5 heteroatoms. The summed E-state index contributed by atoms with van der Waals surface area (Å²) in [6, 6.07) is 6.32. The lowest BCUT2D eigenvalue weighted by atomic mass is 10.0. The van der Waals surface area contributed by atoms with Gasteiger partial charge in [-0.15, -0.1) is 0 Å². The maximum atomic E-state index is 13.7. The Morgan fingerprint density at radius 1 is 1.00 bits per heavy atom. The predicted molar refractivity (Wildman–Crippen MR) is 68.6 cm³/mol. The van der Waals surface area contributed by atoms with Crippen LogP contribution in [-0.4, -0.2) is 5.78 Å². The Morgan fingerprint density at radius 2 is 1.68 bits per heavy atom. The number of halogens is 4. The first kappa shape index (κ1) is 13.8. The Morgan fingerprint density at radius 3 is 2.37 bits per heavy atom. The maximum Gasteiger partial charge on any atom is 0.197 e. The van der Waals surface area contributed by atoms with E-state index in [1.165, 1.54) is 31.2 Å². The highest BCUT2D eigenvalue weighted by Gasteiger charge is 2.21. The molecule has 2 aromatic carbocycles. The zero-order chi connectivity index (χ0) is 14.2. The third-order valence-electron chi connectivity index (χ3n) is 2.72. The van der Waals surface area contributed by atoms with Crippen LogP contribution in [0.15, 0.2) is 34.8 Å². The summed E-state index contributed by atoms with van der Waals surface area (Å²) in [6.07, 6.45) is 0. The van der Waals surface area contributed by atoms with Crippen molar-refractivity contribution in [2.45, 2.75) is 6.92 Å². The van der Waals surface area contributed by atoms with Crippen LogP contribution in [0.3, 0.4) is 0 Å². The molecule has 0 aliphatic heterocycles. The van der Waals surface area contributed by atoms with Crippen LogP contribution in [0.2, 0.25) is 0 Å². The number of carbonyl (C=O) groups excluding carboxylic acids is 1. The average molecular weight is 329 g/mol. The van der Waals surface area contributed by atoms with Gasteiger partial charge in [0.15, 0.2) is 17.4 Å². The van der Waals surface area contributed by atoms with Crippen molar-refractivity contribution in [1.29, 1.82) is 0 Å². The summed E-state index contributed by atoms with van der Waals surface area (Å²) in [7, 11) is 0. The van der Waals surface area contributed by atoms with Crippen molar-refractivity contribution in [3.63, 3.8) is 0 Å². The Bertz CT molecular complexity index is 668. The van der Waals surface area contributed by atoms with E-state index in [0.29, 0.717) is 0 Å². The molecular weight excluding hydrogens is 321 g/mol. The molecule has 0 saturated heterocycles. The van der Waals surface area contributed by atoms with Crippen molar-refractivity contribution in [2.24, 2.45) is 0 Å². The standard InChI is InChI=1S/C14H8BrF3O/c1-7-5-6-9(13(18)12(7)17)14(19)8-3-2-4-10(16)11(8)15/h2-6H,1H3. The van der Waals surface area contributed by atoms with Gasteiger partial charge in [0.05, 0.1) is 10.0 Å². The molecule has 0 heterocycles. The molecule has 0 aliphatic carbocycles. The average Bonchev–Trinajstić information content (AvgIpc) is 2.39. The summed E-state index contributed by atoms with van der Waals surface area (Å²) < 4.78 is 40.4. The molecule has 0 atom stereocenters. The summed E-state index contributed by atoms with van der Waals surface area (Å²) in [5.74, 6) is -3.71. The smallest absolute Gasteiger partial charge is 0.197 e. The molecule has 0 N–H and O–H groups in total. The van der Waals surface area contributed by atoms with Gasteiger partial charge in [0.2, 0.25) is 0 Å². The second kappa shape index (κ2) is 5.17. The number of ketones is 1. The molecule has 0 radical (unpaired) electrons. The van der Waals surface area contributed by atoms with Crippen molar-refractivity contribution in [3.05, 3.63) is 68.9 Å². The molecule has 0 amide bonds. The zero-order valence-corrected chi connectivity index (χ0v) is 11.4. The molecular formula is C14H8BrF3O. The molecule has 0 bridgehead atoms. The van der Waals surface area contributed by atoms with E-state index in [4.69, 9.17) is 0 Å². The minimum atomic E-state index is -1.22. The highest BCUT2D eigenvalue weighted by molar-refractivity contribution is 9.10. The quantitative estimate of drug-likeness (QED) is 0.746. The topological polar surface area (TPSA) is 17.1 Å². The minimum Gasteiger partial charge on any atom is -0.288 e. The highest BCUT2D eigenvalue weighted by atomic mass is 79.9. The molecule has 19 heavy (non-hydrogen) atoms. The number of hydrogen-bond acceptors (Lipinski definition) is 1. The molecule has 0 spiro atoms. The highest BCUT2D eigenvalue weighted by Crippen LogP contribution is 2.25. The van der Waals surface area contributed by atoms with Crippen molar-refractivity contribution in [3.8, 4) is 0 Å². The first-order valence-electron chi connectivity index (χ1n) is 5.36. The molecule has 2 aromatic rings. The van der Waals surface area contributed by atoms with Crippen LogP contribution >= 0.6 is 15.9 Å². The van der Waals surface area contributed by atoms with Gasteiger partial charge in [-0.3, -0.25) is 4.79 Å². The third kappa shape index (κ3) is 2.42. The van der Waals surface area contributed by atoms with Crippen LogP contribution in [-0.2, 0) is 0 Å². The van der Waals surface area contributed by atoms with Crippen molar-refractivity contribution >= 4 is 21.7 Å². The van der Waals surface area contributed by atoms with E-state index in [1.807, 2.05) is 0 Å². The van der Waals surface area contributed by atoms with Gasteiger partial charge in [-0.2, -0.15) is 0 Å². The van der Waals surface area contributed by atoms with E-state index in [0.717, 1.165) is 6.07 Å². The Labute approximate surface area is 116 Å². The first-order valence-corrected chi connectivity index (χ1v) is 6.16. The fraction of sp³-hybridized carbons (Fsp3) is 0.0714. The Hall–Kier alpha value is -1.62. The van der Waals surface area contributed by atoms with Crippen LogP contribution in [0.1, 0.15) is 21.5 Å². The van der Waals surface area contributed by atoms with Gasteiger partial charge in [0.25, 0.3) is 0 Å². The van der Waals surface area contributed by atoms with Gasteiger partial charge in [-0.1, -0.05) is 12.1 Å². The Kier molecular flexibility index (Phi) is 3.75.